The molecule has 3 heteroatoms. The molecule has 1 rings (SSSR count). The van der Waals surface area contributed by atoms with E-state index in [2.05, 4.69) is 6.92 Å². The molecule has 0 aromatic carbocycles. The standard InChI is InChI=1S/C24H43NO2/c1-2-3-4-5-6-7-8-9-10-11-12-13-14-15-16-17-18-19-22-25-23(26)20-21-24(25)27/h19,22H,2-18,20-21H2,1H3/b22-19+. The van der Waals surface area contributed by atoms with Crippen LogP contribution in [0.2, 0.25) is 0 Å². The van der Waals surface area contributed by atoms with E-state index in [1.54, 1.807) is 6.20 Å². The van der Waals surface area contributed by atoms with Crippen LogP contribution < -0.4 is 0 Å². The van der Waals surface area contributed by atoms with Crippen molar-refractivity contribution in [1.82, 2.24) is 4.90 Å². The molecule has 3 nitrogen and oxygen atoms in total. The Balaban J connectivity index is 1.76. The highest BCUT2D eigenvalue weighted by Gasteiger charge is 2.26. The molecule has 0 aromatic rings. The fraction of sp³-hybridized carbons (Fsp3) is 0.833. The lowest BCUT2D eigenvalue weighted by molar-refractivity contribution is -0.135. The molecular formula is C24H43NO2. The lowest BCUT2D eigenvalue weighted by Gasteiger charge is -2.06. The molecule has 2 amide bonds. The number of unbranched alkanes of at least 4 members (excludes halogenated alkanes) is 16. The lowest BCUT2D eigenvalue weighted by atomic mass is 10.0. The SMILES string of the molecule is CCCCCCCCCCCCCCCCCC/C=C/N1C(=O)CCC1=O. The van der Waals surface area contributed by atoms with Gasteiger partial charge in [0, 0.05) is 19.0 Å². The van der Waals surface area contributed by atoms with Crippen LogP contribution in [0, 0.1) is 0 Å². The summed E-state index contributed by atoms with van der Waals surface area (Å²) < 4.78 is 0. The molecule has 1 saturated heterocycles. The summed E-state index contributed by atoms with van der Waals surface area (Å²) in [6.07, 6.45) is 27.5. The Morgan fingerprint density at radius 3 is 1.41 bits per heavy atom. The summed E-state index contributed by atoms with van der Waals surface area (Å²) in [6.45, 7) is 2.28. The zero-order valence-electron chi connectivity index (χ0n) is 17.9. The largest absolute Gasteiger partial charge is 0.274 e. The van der Waals surface area contributed by atoms with Gasteiger partial charge >= 0.3 is 0 Å². The van der Waals surface area contributed by atoms with Crippen molar-refractivity contribution in [2.75, 3.05) is 0 Å². The molecule has 1 aliphatic heterocycles. The Kier molecular flexibility index (Phi) is 15.1. The topological polar surface area (TPSA) is 37.4 Å². The lowest BCUT2D eigenvalue weighted by Crippen LogP contribution is -2.22. The number of carbonyl (C=O) groups is 2. The number of nitrogens with zero attached hydrogens (tertiary/aromatic N) is 1. The summed E-state index contributed by atoms with van der Waals surface area (Å²) in [5.41, 5.74) is 0. The van der Waals surface area contributed by atoms with E-state index in [4.69, 9.17) is 0 Å². The Morgan fingerprint density at radius 2 is 1.00 bits per heavy atom. The summed E-state index contributed by atoms with van der Waals surface area (Å²) in [5, 5.41) is 0. The van der Waals surface area contributed by atoms with Crippen LogP contribution in [0.25, 0.3) is 0 Å². The van der Waals surface area contributed by atoms with Crippen molar-refractivity contribution in [1.29, 1.82) is 0 Å². The van der Waals surface area contributed by atoms with Gasteiger partial charge in [-0.25, -0.2) is 0 Å². The molecule has 0 radical (unpaired) electrons. The van der Waals surface area contributed by atoms with E-state index in [1.165, 1.54) is 101 Å². The molecule has 0 aliphatic carbocycles. The zero-order chi connectivity index (χ0) is 19.6. The van der Waals surface area contributed by atoms with E-state index in [0.29, 0.717) is 12.8 Å². The fourth-order valence-electron chi connectivity index (χ4n) is 3.75. The molecule has 27 heavy (non-hydrogen) atoms. The first-order valence-corrected chi connectivity index (χ1v) is 11.8. The minimum atomic E-state index is -0.0526. The fourth-order valence-corrected chi connectivity index (χ4v) is 3.75. The van der Waals surface area contributed by atoms with Gasteiger partial charge in [0.25, 0.3) is 0 Å². The third-order valence-electron chi connectivity index (χ3n) is 5.57. The third kappa shape index (κ3) is 12.8. The van der Waals surface area contributed by atoms with Gasteiger partial charge in [-0.2, -0.15) is 0 Å². The molecule has 1 aliphatic rings. The maximum atomic E-state index is 11.5. The van der Waals surface area contributed by atoms with Crippen molar-refractivity contribution in [3.8, 4) is 0 Å². The summed E-state index contributed by atoms with van der Waals surface area (Å²) in [5.74, 6) is -0.105. The second-order valence-corrected chi connectivity index (χ2v) is 8.13. The Bertz CT molecular complexity index is 401. The van der Waals surface area contributed by atoms with Gasteiger partial charge in [0.05, 0.1) is 0 Å². The van der Waals surface area contributed by atoms with Gasteiger partial charge in [0.1, 0.15) is 0 Å². The van der Waals surface area contributed by atoms with Gasteiger partial charge in [-0.15, -0.1) is 0 Å². The van der Waals surface area contributed by atoms with Gasteiger partial charge in [0.15, 0.2) is 0 Å². The normalized spacial score (nSPS) is 14.8. The number of rotatable bonds is 18. The van der Waals surface area contributed by atoms with E-state index >= 15 is 0 Å². The van der Waals surface area contributed by atoms with E-state index in [9.17, 15) is 9.59 Å². The zero-order valence-corrected chi connectivity index (χ0v) is 17.9. The van der Waals surface area contributed by atoms with Gasteiger partial charge in [-0.05, 0) is 12.8 Å². The average molecular weight is 378 g/mol. The van der Waals surface area contributed by atoms with Gasteiger partial charge in [-0.1, -0.05) is 109 Å². The molecule has 0 aromatic heterocycles. The van der Waals surface area contributed by atoms with Crippen LogP contribution in [-0.4, -0.2) is 16.7 Å². The Hall–Kier alpha value is -1.12. The third-order valence-corrected chi connectivity index (χ3v) is 5.57. The Labute approximate surface area is 168 Å². The molecule has 1 heterocycles. The van der Waals surface area contributed by atoms with Crippen LogP contribution in [0.4, 0.5) is 0 Å². The molecule has 0 spiro atoms. The number of hydrogen-bond acceptors (Lipinski definition) is 2. The minimum absolute atomic E-state index is 0.0526. The minimum Gasteiger partial charge on any atom is -0.274 e. The van der Waals surface area contributed by atoms with Crippen molar-refractivity contribution in [3.05, 3.63) is 12.3 Å². The maximum absolute atomic E-state index is 11.5. The molecule has 0 bridgehead atoms. The van der Waals surface area contributed by atoms with Crippen molar-refractivity contribution in [2.45, 2.75) is 129 Å². The summed E-state index contributed by atoms with van der Waals surface area (Å²) in [4.78, 5) is 24.2. The summed E-state index contributed by atoms with van der Waals surface area (Å²) >= 11 is 0. The highest BCUT2D eigenvalue weighted by atomic mass is 16.2. The van der Waals surface area contributed by atoms with Crippen molar-refractivity contribution < 1.29 is 9.59 Å². The number of hydrogen-bond donors (Lipinski definition) is 0. The number of imide groups is 1. The van der Waals surface area contributed by atoms with Crippen LogP contribution in [0.1, 0.15) is 129 Å². The summed E-state index contributed by atoms with van der Waals surface area (Å²) in [6, 6.07) is 0. The van der Waals surface area contributed by atoms with Gasteiger partial charge in [-0.3, -0.25) is 14.5 Å². The number of allylic oxidation sites excluding steroid dienone is 1. The number of likely N-dealkylation sites (tertiary alicyclic amines) is 1. The molecule has 0 unspecified atom stereocenters. The Morgan fingerprint density at radius 1 is 0.630 bits per heavy atom. The molecule has 1 fully saturated rings. The number of carbonyl (C=O) groups excluding carboxylic acids is 2. The molecule has 156 valence electrons. The predicted octanol–water partition coefficient (Wildman–Crippen LogP) is 7.30. The second kappa shape index (κ2) is 17.0. The molecule has 0 atom stereocenters. The van der Waals surface area contributed by atoms with E-state index in [0.717, 1.165) is 12.8 Å². The highest BCUT2D eigenvalue weighted by Crippen LogP contribution is 2.15. The van der Waals surface area contributed by atoms with Gasteiger partial charge in [0.2, 0.25) is 11.8 Å². The molecular weight excluding hydrogens is 334 g/mol. The van der Waals surface area contributed by atoms with Crippen molar-refractivity contribution >= 4 is 11.8 Å². The first-order chi connectivity index (χ1) is 13.3. The predicted molar refractivity (Wildman–Crippen MR) is 114 cm³/mol. The molecule has 0 saturated carbocycles. The first-order valence-electron chi connectivity index (χ1n) is 11.8. The molecule has 0 N–H and O–H groups in total. The van der Waals surface area contributed by atoms with Crippen LogP contribution in [0.15, 0.2) is 12.3 Å². The van der Waals surface area contributed by atoms with E-state index in [1.807, 2.05) is 6.08 Å². The van der Waals surface area contributed by atoms with Crippen LogP contribution in [0.3, 0.4) is 0 Å². The maximum Gasteiger partial charge on any atom is 0.233 e. The van der Waals surface area contributed by atoms with Gasteiger partial charge < -0.3 is 0 Å². The van der Waals surface area contributed by atoms with Crippen LogP contribution >= 0.6 is 0 Å². The number of amides is 2. The summed E-state index contributed by atoms with van der Waals surface area (Å²) in [7, 11) is 0. The average Bonchev–Trinajstić information content (AvgIpc) is 2.99. The highest BCUT2D eigenvalue weighted by molar-refractivity contribution is 6.02. The quantitative estimate of drug-likeness (QED) is 0.186. The smallest absolute Gasteiger partial charge is 0.233 e. The van der Waals surface area contributed by atoms with Crippen molar-refractivity contribution in [3.63, 3.8) is 0 Å². The van der Waals surface area contributed by atoms with E-state index in [-0.39, 0.29) is 11.8 Å². The van der Waals surface area contributed by atoms with Crippen molar-refractivity contribution in [2.24, 2.45) is 0 Å². The van der Waals surface area contributed by atoms with E-state index < -0.39 is 0 Å². The van der Waals surface area contributed by atoms with Crippen LogP contribution in [-0.2, 0) is 9.59 Å². The second-order valence-electron chi connectivity index (χ2n) is 8.13. The first kappa shape index (κ1) is 23.9. The van der Waals surface area contributed by atoms with Crippen LogP contribution in [0.5, 0.6) is 0 Å². The monoisotopic (exact) mass is 377 g/mol.